The number of rotatable bonds is 3. The highest BCUT2D eigenvalue weighted by molar-refractivity contribution is 6.83. The molecule has 4 aromatic rings. The number of nitrogens with zero attached hydrogens (tertiary/aromatic N) is 5. The van der Waals surface area contributed by atoms with Crippen LogP contribution in [0.2, 0.25) is 19.6 Å². The molecule has 0 N–H and O–H groups in total. The van der Waals surface area contributed by atoms with E-state index in [0.717, 1.165) is 22.5 Å². The molecule has 0 spiro atoms. The van der Waals surface area contributed by atoms with Gasteiger partial charge in [0, 0.05) is 17.2 Å². The van der Waals surface area contributed by atoms with Crippen molar-refractivity contribution in [3.05, 3.63) is 93.9 Å². The minimum Gasteiger partial charge on any atom is -0.442 e. The first-order valence-electron chi connectivity index (χ1n) is 11.2. The number of benzene rings is 2. The number of nitro benzene ring substituents is 1. The standard InChI is InChI=1S/C26H23N5O3Si/c1-17-26-25(23-14-27-16-34-23)28-15-30(26)21-10-9-18(11-12-35(2,3)4)13-20(21)24(29-17)19-7-5-6-8-22(19)31(32)33/h5-10,13-17H,1-4H3/t17-/m0/s1. The molecule has 35 heavy (non-hydrogen) atoms. The predicted molar refractivity (Wildman–Crippen MR) is 136 cm³/mol. The Balaban J connectivity index is 1.80. The second-order valence-electron chi connectivity index (χ2n) is 9.37. The van der Waals surface area contributed by atoms with Gasteiger partial charge in [-0.1, -0.05) is 37.7 Å². The first-order chi connectivity index (χ1) is 16.7. The molecule has 174 valence electrons. The summed E-state index contributed by atoms with van der Waals surface area (Å²) in [6.45, 7) is 8.51. The Morgan fingerprint density at radius 3 is 2.66 bits per heavy atom. The maximum atomic E-state index is 11.9. The number of fused-ring (bicyclic) bond motifs is 3. The van der Waals surface area contributed by atoms with Gasteiger partial charge in [0.2, 0.25) is 0 Å². The minimum atomic E-state index is -1.60. The fourth-order valence-corrected chi connectivity index (χ4v) is 4.64. The van der Waals surface area contributed by atoms with E-state index < -0.39 is 8.07 Å². The van der Waals surface area contributed by atoms with Crippen molar-refractivity contribution >= 4 is 19.5 Å². The van der Waals surface area contributed by atoms with E-state index in [1.807, 2.05) is 29.7 Å². The average Bonchev–Trinajstić information content (AvgIpc) is 3.48. The molecule has 0 aliphatic carbocycles. The van der Waals surface area contributed by atoms with Crippen molar-refractivity contribution in [2.24, 2.45) is 4.99 Å². The molecule has 0 bridgehead atoms. The topological polar surface area (TPSA) is 99.3 Å². The maximum Gasteiger partial charge on any atom is 0.278 e. The lowest BCUT2D eigenvalue weighted by atomic mass is 9.97. The van der Waals surface area contributed by atoms with Crippen molar-refractivity contribution in [2.75, 3.05) is 0 Å². The number of imidazole rings is 1. The molecule has 0 unspecified atom stereocenters. The van der Waals surface area contributed by atoms with Crippen LogP contribution in [0.5, 0.6) is 0 Å². The zero-order valence-corrected chi connectivity index (χ0v) is 20.8. The van der Waals surface area contributed by atoms with Crippen LogP contribution in [0.3, 0.4) is 0 Å². The minimum absolute atomic E-state index is 0.00292. The molecule has 0 saturated heterocycles. The quantitative estimate of drug-likeness (QED) is 0.165. The first-order valence-corrected chi connectivity index (χ1v) is 14.7. The smallest absolute Gasteiger partial charge is 0.278 e. The van der Waals surface area contributed by atoms with E-state index in [0.29, 0.717) is 22.7 Å². The van der Waals surface area contributed by atoms with Crippen molar-refractivity contribution in [3.63, 3.8) is 0 Å². The second kappa shape index (κ2) is 8.49. The predicted octanol–water partition coefficient (Wildman–Crippen LogP) is 5.58. The Labute approximate surface area is 203 Å². The van der Waals surface area contributed by atoms with E-state index in [2.05, 4.69) is 41.1 Å². The van der Waals surface area contributed by atoms with Crippen LogP contribution in [0.1, 0.15) is 35.3 Å². The highest BCUT2D eigenvalue weighted by Crippen LogP contribution is 2.37. The van der Waals surface area contributed by atoms with Crippen LogP contribution in [0, 0.1) is 21.6 Å². The maximum absolute atomic E-state index is 11.9. The number of aliphatic imine (C=N–C) groups is 1. The Hall–Kier alpha value is -4.29. The van der Waals surface area contributed by atoms with Crippen LogP contribution in [0.25, 0.3) is 17.1 Å². The van der Waals surface area contributed by atoms with E-state index in [4.69, 9.17) is 9.41 Å². The highest BCUT2D eigenvalue weighted by atomic mass is 28.3. The summed E-state index contributed by atoms with van der Waals surface area (Å²) in [5, 5.41) is 11.9. The number of aromatic nitrogens is 3. The van der Waals surface area contributed by atoms with E-state index >= 15 is 0 Å². The van der Waals surface area contributed by atoms with Crippen molar-refractivity contribution in [3.8, 4) is 28.6 Å². The van der Waals surface area contributed by atoms with E-state index in [1.165, 1.54) is 12.5 Å². The Morgan fingerprint density at radius 1 is 1.14 bits per heavy atom. The van der Waals surface area contributed by atoms with Gasteiger partial charge in [-0.25, -0.2) is 9.97 Å². The summed E-state index contributed by atoms with van der Waals surface area (Å²) in [6.07, 6.45) is 4.71. The molecule has 8 nitrogen and oxygen atoms in total. The fourth-order valence-electron chi connectivity index (χ4n) is 4.12. The van der Waals surface area contributed by atoms with Gasteiger partial charge in [0.1, 0.15) is 20.1 Å². The number of oxazole rings is 1. The molecule has 0 saturated carbocycles. The zero-order chi connectivity index (χ0) is 24.7. The van der Waals surface area contributed by atoms with Crippen molar-refractivity contribution < 1.29 is 9.34 Å². The third kappa shape index (κ3) is 4.20. The monoisotopic (exact) mass is 481 g/mol. The van der Waals surface area contributed by atoms with Gasteiger partial charge in [0.25, 0.3) is 5.69 Å². The third-order valence-electron chi connectivity index (χ3n) is 5.64. The average molecular weight is 482 g/mol. The van der Waals surface area contributed by atoms with Crippen LogP contribution in [0.15, 0.2) is 70.8 Å². The molecule has 0 amide bonds. The Morgan fingerprint density at radius 2 is 1.94 bits per heavy atom. The molecule has 5 rings (SSSR count). The van der Waals surface area contributed by atoms with E-state index in [-0.39, 0.29) is 16.7 Å². The summed E-state index contributed by atoms with van der Waals surface area (Å²) in [5.41, 5.74) is 8.27. The van der Waals surface area contributed by atoms with Crippen molar-refractivity contribution in [1.29, 1.82) is 0 Å². The van der Waals surface area contributed by atoms with Crippen LogP contribution in [-0.2, 0) is 0 Å². The highest BCUT2D eigenvalue weighted by Gasteiger charge is 2.30. The summed E-state index contributed by atoms with van der Waals surface area (Å²) in [5.74, 6) is 3.84. The zero-order valence-electron chi connectivity index (χ0n) is 19.8. The SMILES string of the molecule is C[C@@H]1N=C(c2ccccc2[N+](=O)[O-])c2cc(C#C[Si](C)(C)C)ccc2-n2cnc(-c3cnco3)c21. The van der Waals surface area contributed by atoms with Crippen LogP contribution < -0.4 is 0 Å². The Bertz CT molecular complexity index is 1540. The molecule has 1 aliphatic rings. The van der Waals surface area contributed by atoms with Crippen LogP contribution in [0.4, 0.5) is 5.69 Å². The number of para-hydroxylation sites is 1. The van der Waals surface area contributed by atoms with Crippen LogP contribution in [-0.4, -0.2) is 33.2 Å². The van der Waals surface area contributed by atoms with Gasteiger partial charge in [0.05, 0.1) is 39.8 Å². The largest absolute Gasteiger partial charge is 0.442 e. The second-order valence-corrected chi connectivity index (χ2v) is 14.1. The fraction of sp³-hybridized carbons (Fsp3) is 0.192. The van der Waals surface area contributed by atoms with Gasteiger partial charge >= 0.3 is 0 Å². The molecule has 3 heterocycles. The van der Waals surface area contributed by atoms with Gasteiger partial charge in [-0.15, -0.1) is 5.54 Å². The Kier molecular flexibility index (Phi) is 5.46. The molecule has 1 atom stereocenters. The molecule has 2 aromatic carbocycles. The van der Waals surface area contributed by atoms with Crippen molar-refractivity contribution in [2.45, 2.75) is 32.6 Å². The van der Waals surface area contributed by atoms with Gasteiger partial charge in [0.15, 0.2) is 12.2 Å². The number of hydrogen-bond acceptors (Lipinski definition) is 6. The first kappa shape index (κ1) is 22.5. The molecular weight excluding hydrogens is 458 g/mol. The van der Waals surface area contributed by atoms with Crippen molar-refractivity contribution in [1.82, 2.24) is 14.5 Å². The molecule has 1 aliphatic heterocycles. The van der Waals surface area contributed by atoms with Crippen LogP contribution >= 0.6 is 0 Å². The molecule has 0 fully saturated rings. The lowest BCUT2D eigenvalue weighted by Gasteiger charge is -2.13. The van der Waals surface area contributed by atoms with Gasteiger partial charge in [-0.05, 0) is 31.2 Å². The number of nitro groups is 1. The third-order valence-corrected chi connectivity index (χ3v) is 6.51. The summed E-state index contributed by atoms with van der Waals surface area (Å²) in [7, 11) is -1.60. The normalized spacial score (nSPS) is 14.7. The summed E-state index contributed by atoms with van der Waals surface area (Å²) >= 11 is 0. The molecule has 2 aromatic heterocycles. The summed E-state index contributed by atoms with van der Waals surface area (Å²) in [6, 6.07) is 12.2. The number of hydrogen-bond donors (Lipinski definition) is 0. The molecule has 9 heteroatoms. The van der Waals surface area contributed by atoms with Gasteiger partial charge < -0.3 is 4.42 Å². The van der Waals surface area contributed by atoms with E-state index in [9.17, 15) is 10.1 Å². The lowest BCUT2D eigenvalue weighted by Crippen LogP contribution is -2.16. The van der Waals surface area contributed by atoms with Gasteiger partial charge in [-0.2, -0.15) is 0 Å². The van der Waals surface area contributed by atoms with E-state index in [1.54, 1.807) is 30.7 Å². The molecular formula is C26H23N5O3Si. The lowest BCUT2D eigenvalue weighted by molar-refractivity contribution is -0.385. The van der Waals surface area contributed by atoms with Gasteiger partial charge in [-0.3, -0.25) is 19.7 Å². The summed E-state index contributed by atoms with van der Waals surface area (Å²) in [4.78, 5) is 25.2. The summed E-state index contributed by atoms with van der Waals surface area (Å²) < 4.78 is 7.50. The molecule has 0 radical (unpaired) electrons.